The van der Waals surface area contributed by atoms with E-state index >= 15 is 0 Å². The molecule has 1 aliphatic heterocycles. The minimum absolute atomic E-state index is 0.0376. The third-order valence-corrected chi connectivity index (χ3v) is 6.27. The Kier molecular flexibility index (Phi) is 4.91. The van der Waals surface area contributed by atoms with Gasteiger partial charge < -0.3 is 15.2 Å². The molecule has 0 aliphatic carbocycles. The van der Waals surface area contributed by atoms with Gasteiger partial charge in [0, 0.05) is 17.7 Å². The molecule has 0 saturated heterocycles. The third kappa shape index (κ3) is 3.77. The Balaban J connectivity index is 1.31. The minimum Gasteiger partial charge on any atom is -0.345 e. The van der Waals surface area contributed by atoms with E-state index in [0.29, 0.717) is 12.3 Å². The first kappa shape index (κ1) is 19.3. The van der Waals surface area contributed by atoms with Crippen LogP contribution in [0.3, 0.4) is 0 Å². The number of hydrogen-bond acceptors (Lipinski definition) is 6. The highest BCUT2D eigenvalue weighted by molar-refractivity contribution is 7.99. The van der Waals surface area contributed by atoms with Crippen molar-refractivity contribution in [3.8, 4) is 0 Å². The number of likely N-dealkylation sites (N-methyl/N-ethyl adjacent to an activating group) is 1. The number of carbonyl (C=O) groups is 2. The average molecular weight is 433 g/mol. The summed E-state index contributed by atoms with van der Waals surface area (Å²) in [6, 6.07) is 13.0. The van der Waals surface area contributed by atoms with Crippen LogP contribution in [0.2, 0.25) is 0 Å². The number of aromatic nitrogens is 5. The highest BCUT2D eigenvalue weighted by Crippen LogP contribution is 2.36. The molecule has 9 nitrogen and oxygen atoms in total. The van der Waals surface area contributed by atoms with Gasteiger partial charge in [0.05, 0.1) is 29.6 Å². The first-order chi connectivity index (χ1) is 15.1. The molecule has 1 aliphatic rings. The van der Waals surface area contributed by atoms with Crippen LogP contribution in [0.5, 0.6) is 0 Å². The fourth-order valence-corrected chi connectivity index (χ4v) is 4.61. The van der Waals surface area contributed by atoms with Gasteiger partial charge in [0.1, 0.15) is 12.4 Å². The fourth-order valence-electron chi connectivity index (χ4n) is 3.50. The zero-order valence-corrected chi connectivity index (χ0v) is 17.5. The smallest absolute Gasteiger partial charge is 0.291 e. The highest BCUT2D eigenvalue weighted by Gasteiger charge is 2.31. The molecule has 2 aromatic heterocycles. The Hall–Kier alpha value is -3.66. The molecule has 2 aromatic carbocycles. The zero-order valence-electron chi connectivity index (χ0n) is 16.6. The van der Waals surface area contributed by atoms with Crippen LogP contribution in [-0.2, 0) is 11.3 Å². The van der Waals surface area contributed by atoms with Gasteiger partial charge in [-0.2, -0.15) is 0 Å². The summed E-state index contributed by atoms with van der Waals surface area (Å²) in [6.45, 7) is 0.512. The molecule has 0 fully saturated rings. The Morgan fingerprint density at radius 1 is 1.26 bits per heavy atom. The molecule has 0 radical (unpaired) electrons. The van der Waals surface area contributed by atoms with Gasteiger partial charge in [-0.15, -0.1) is 16.9 Å². The summed E-state index contributed by atoms with van der Waals surface area (Å²) in [7, 11) is 1.71. The molecule has 1 unspecified atom stereocenters. The Morgan fingerprint density at radius 2 is 2.10 bits per heavy atom. The SMILES string of the molecule is CN1C(=O)C(NC(=O)c2ncn(Cc3ccccc3)n2)CSc2cc3nc[nH]c3cc21. The number of thioether (sulfide) groups is 1. The predicted octanol–water partition coefficient (Wildman–Crippen LogP) is 2.07. The number of amides is 2. The molecule has 3 heterocycles. The monoisotopic (exact) mass is 433 g/mol. The van der Waals surface area contributed by atoms with Crippen LogP contribution < -0.4 is 10.2 Å². The normalized spacial score (nSPS) is 16.2. The molecular formula is C21H19N7O2S. The number of imidazole rings is 1. The van der Waals surface area contributed by atoms with Gasteiger partial charge in [-0.3, -0.25) is 9.59 Å². The second-order valence-electron chi connectivity index (χ2n) is 7.23. The maximum Gasteiger partial charge on any atom is 0.291 e. The van der Waals surface area contributed by atoms with Gasteiger partial charge in [-0.1, -0.05) is 30.3 Å². The van der Waals surface area contributed by atoms with Crippen LogP contribution in [0.1, 0.15) is 16.2 Å². The van der Waals surface area contributed by atoms with E-state index in [0.717, 1.165) is 27.2 Å². The molecule has 4 aromatic rings. The average Bonchev–Trinajstić information content (AvgIpc) is 3.42. The molecule has 0 bridgehead atoms. The maximum atomic E-state index is 13.0. The Bertz CT molecular complexity index is 1270. The second-order valence-corrected chi connectivity index (χ2v) is 8.29. The van der Waals surface area contributed by atoms with Gasteiger partial charge in [-0.25, -0.2) is 14.6 Å². The second kappa shape index (κ2) is 7.88. The maximum absolute atomic E-state index is 13.0. The standard InChI is InChI=1S/C21H19N7O2S/c1-27-17-7-14-15(23-11-22-14)8-18(17)31-10-16(21(27)30)25-20(29)19-24-12-28(26-19)9-13-5-3-2-4-6-13/h2-8,11-12,16H,9-10H2,1H3,(H,22,23)(H,25,29). The van der Waals surface area contributed by atoms with Crippen molar-refractivity contribution in [1.29, 1.82) is 0 Å². The van der Waals surface area contributed by atoms with Crippen molar-refractivity contribution in [2.75, 3.05) is 17.7 Å². The molecule has 31 heavy (non-hydrogen) atoms. The summed E-state index contributed by atoms with van der Waals surface area (Å²) in [5.74, 6) is -0.223. The van der Waals surface area contributed by atoms with E-state index < -0.39 is 11.9 Å². The van der Waals surface area contributed by atoms with Crippen molar-refractivity contribution in [2.45, 2.75) is 17.5 Å². The van der Waals surface area contributed by atoms with Crippen LogP contribution in [0.4, 0.5) is 5.69 Å². The van der Waals surface area contributed by atoms with Crippen molar-refractivity contribution in [3.63, 3.8) is 0 Å². The molecule has 0 saturated carbocycles. The molecule has 156 valence electrons. The van der Waals surface area contributed by atoms with Crippen LogP contribution in [-0.4, -0.2) is 55.4 Å². The number of aromatic amines is 1. The van der Waals surface area contributed by atoms with Crippen molar-refractivity contribution in [3.05, 3.63) is 66.5 Å². The number of anilines is 1. The molecule has 1 atom stereocenters. The number of nitrogens with one attached hydrogen (secondary N) is 2. The van der Waals surface area contributed by atoms with Crippen LogP contribution in [0, 0.1) is 0 Å². The summed E-state index contributed by atoms with van der Waals surface area (Å²) in [6.07, 6.45) is 3.14. The lowest BCUT2D eigenvalue weighted by molar-refractivity contribution is -0.119. The van der Waals surface area contributed by atoms with Crippen LogP contribution >= 0.6 is 11.8 Å². The van der Waals surface area contributed by atoms with Crippen molar-refractivity contribution in [1.82, 2.24) is 30.0 Å². The third-order valence-electron chi connectivity index (χ3n) is 5.13. The molecule has 0 spiro atoms. The van der Waals surface area contributed by atoms with E-state index in [2.05, 4.69) is 25.4 Å². The van der Waals surface area contributed by atoms with Gasteiger partial charge in [0.25, 0.3) is 5.91 Å². The number of carbonyl (C=O) groups excluding carboxylic acids is 2. The number of nitrogens with zero attached hydrogens (tertiary/aromatic N) is 5. The van der Waals surface area contributed by atoms with E-state index in [-0.39, 0.29) is 11.7 Å². The highest BCUT2D eigenvalue weighted by atomic mass is 32.2. The minimum atomic E-state index is -0.692. The van der Waals surface area contributed by atoms with E-state index in [1.165, 1.54) is 18.1 Å². The first-order valence-corrected chi connectivity index (χ1v) is 10.7. The van der Waals surface area contributed by atoms with E-state index in [1.807, 2.05) is 42.5 Å². The molecule has 2 amide bonds. The van der Waals surface area contributed by atoms with Gasteiger partial charge in [-0.05, 0) is 17.7 Å². The van der Waals surface area contributed by atoms with E-state index in [9.17, 15) is 9.59 Å². The summed E-state index contributed by atoms with van der Waals surface area (Å²) in [4.78, 5) is 39.7. The summed E-state index contributed by atoms with van der Waals surface area (Å²) in [5, 5.41) is 7.05. The van der Waals surface area contributed by atoms with Crippen molar-refractivity contribution >= 4 is 40.3 Å². The number of benzene rings is 2. The first-order valence-electron chi connectivity index (χ1n) is 9.70. The summed E-state index contributed by atoms with van der Waals surface area (Å²) >= 11 is 1.51. The molecule has 5 rings (SSSR count). The van der Waals surface area contributed by atoms with Crippen LogP contribution in [0.25, 0.3) is 11.0 Å². The molecule has 10 heteroatoms. The van der Waals surface area contributed by atoms with E-state index in [1.54, 1.807) is 23.0 Å². The summed E-state index contributed by atoms with van der Waals surface area (Å²) in [5.41, 5.74) is 3.53. The fraction of sp³-hybridized carbons (Fsp3) is 0.190. The van der Waals surface area contributed by atoms with Gasteiger partial charge in [0.2, 0.25) is 11.7 Å². The van der Waals surface area contributed by atoms with Crippen molar-refractivity contribution < 1.29 is 9.59 Å². The quantitative estimate of drug-likeness (QED) is 0.510. The van der Waals surface area contributed by atoms with E-state index in [4.69, 9.17) is 0 Å². The van der Waals surface area contributed by atoms with Gasteiger partial charge >= 0.3 is 0 Å². The topological polar surface area (TPSA) is 109 Å². The van der Waals surface area contributed by atoms with Crippen LogP contribution in [0.15, 0.2) is 60.0 Å². The summed E-state index contributed by atoms with van der Waals surface area (Å²) < 4.78 is 1.60. The Morgan fingerprint density at radius 3 is 2.94 bits per heavy atom. The Labute approximate surface area is 181 Å². The number of fused-ring (bicyclic) bond motifs is 2. The number of rotatable bonds is 4. The zero-order chi connectivity index (χ0) is 21.4. The number of hydrogen-bond donors (Lipinski definition) is 2. The van der Waals surface area contributed by atoms with Gasteiger partial charge in [0.15, 0.2) is 0 Å². The predicted molar refractivity (Wildman–Crippen MR) is 117 cm³/mol. The number of H-pyrrole nitrogens is 1. The molecular weight excluding hydrogens is 414 g/mol. The largest absolute Gasteiger partial charge is 0.345 e. The van der Waals surface area contributed by atoms with Crippen molar-refractivity contribution in [2.24, 2.45) is 0 Å². The lowest BCUT2D eigenvalue weighted by Gasteiger charge is -2.21. The lowest BCUT2D eigenvalue weighted by Crippen LogP contribution is -2.48. The lowest BCUT2D eigenvalue weighted by atomic mass is 10.2. The molecule has 2 N–H and O–H groups in total.